The van der Waals surface area contributed by atoms with E-state index in [1.807, 2.05) is 0 Å². The van der Waals surface area contributed by atoms with E-state index in [9.17, 15) is 0 Å². The summed E-state index contributed by atoms with van der Waals surface area (Å²) in [5.74, 6) is 0.721. The summed E-state index contributed by atoms with van der Waals surface area (Å²) in [6.45, 7) is 2.80. The summed E-state index contributed by atoms with van der Waals surface area (Å²) in [6, 6.07) is 13.3. The maximum Gasteiger partial charge on any atom is 0.183 e. The van der Waals surface area contributed by atoms with Crippen LogP contribution in [0.2, 0.25) is 0 Å². The minimum Gasteiger partial charge on any atom is -0.354 e. The largest absolute Gasteiger partial charge is 0.354 e. The third kappa shape index (κ3) is 3.66. The average molecular weight is 307 g/mol. The number of hydrogen-bond donors (Lipinski definition) is 0. The number of anilines is 1. The zero-order valence-electron chi connectivity index (χ0n) is 13.4. The second-order valence-corrected chi connectivity index (χ2v) is 5.96. The van der Waals surface area contributed by atoms with Gasteiger partial charge < -0.3 is 4.90 Å². The van der Waals surface area contributed by atoms with E-state index >= 15 is 0 Å². The third-order valence-corrected chi connectivity index (χ3v) is 4.45. The molecule has 0 N–H and O–H groups in total. The quantitative estimate of drug-likeness (QED) is 0.868. The van der Waals surface area contributed by atoms with Gasteiger partial charge in [-0.15, -0.1) is 0 Å². The normalized spacial score (nSPS) is 15.6. The molecule has 1 fully saturated rings. The minimum absolute atomic E-state index is 0.420. The Morgan fingerprint density at radius 2 is 1.87 bits per heavy atom. The van der Waals surface area contributed by atoms with Crippen molar-refractivity contribution in [2.24, 2.45) is 0 Å². The van der Waals surface area contributed by atoms with Crippen LogP contribution in [0.25, 0.3) is 0 Å². The molecule has 0 bridgehead atoms. The highest BCUT2D eigenvalue weighted by Gasteiger charge is 2.24. The molecule has 1 saturated heterocycles. The molecule has 23 heavy (non-hydrogen) atoms. The SMILES string of the molecule is CN(Cc1ccccc1)C1CCN(c2nccnc2C#N)CC1. The number of rotatable bonds is 4. The smallest absolute Gasteiger partial charge is 0.183 e. The van der Waals surface area contributed by atoms with Crippen LogP contribution in [0.3, 0.4) is 0 Å². The summed E-state index contributed by atoms with van der Waals surface area (Å²) in [6.07, 6.45) is 5.38. The molecule has 1 aromatic carbocycles. The van der Waals surface area contributed by atoms with Crippen LogP contribution < -0.4 is 4.90 Å². The fraction of sp³-hybridized carbons (Fsp3) is 0.389. The molecule has 2 aromatic rings. The molecule has 2 heterocycles. The van der Waals surface area contributed by atoms with Crippen molar-refractivity contribution in [3.05, 3.63) is 54.0 Å². The molecule has 118 valence electrons. The molecule has 5 heteroatoms. The Bertz CT molecular complexity index is 671. The molecule has 0 aliphatic carbocycles. The number of benzene rings is 1. The van der Waals surface area contributed by atoms with E-state index in [2.05, 4.69) is 63.2 Å². The maximum atomic E-state index is 9.17. The van der Waals surface area contributed by atoms with Gasteiger partial charge in [0, 0.05) is 38.1 Å². The van der Waals surface area contributed by atoms with Crippen molar-refractivity contribution >= 4 is 5.82 Å². The molecule has 3 rings (SSSR count). The number of aromatic nitrogens is 2. The van der Waals surface area contributed by atoms with Crippen LogP contribution in [0.15, 0.2) is 42.7 Å². The van der Waals surface area contributed by atoms with Crippen LogP contribution in [-0.2, 0) is 6.54 Å². The summed E-state index contributed by atoms with van der Waals surface area (Å²) in [7, 11) is 2.19. The van der Waals surface area contributed by atoms with Crippen molar-refractivity contribution in [1.29, 1.82) is 5.26 Å². The Kier molecular flexibility index (Phi) is 4.84. The van der Waals surface area contributed by atoms with Crippen LogP contribution >= 0.6 is 0 Å². The van der Waals surface area contributed by atoms with Crippen molar-refractivity contribution in [3.63, 3.8) is 0 Å². The fourth-order valence-corrected chi connectivity index (χ4v) is 3.16. The van der Waals surface area contributed by atoms with E-state index < -0.39 is 0 Å². The Hall–Kier alpha value is -2.45. The van der Waals surface area contributed by atoms with E-state index in [1.165, 1.54) is 5.56 Å². The first kappa shape index (κ1) is 15.4. The van der Waals surface area contributed by atoms with Gasteiger partial charge in [-0.05, 0) is 25.5 Å². The van der Waals surface area contributed by atoms with Gasteiger partial charge in [0.2, 0.25) is 0 Å². The lowest BCUT2D eigenvalue weighted by Crippen LogP contribution is -2.43. The standard InChI is InChI=1S/C18H21N5/c1-22(14-15-5-3-2-4-6-15)16-7-11-23(12-8-16)18-17(13-19)20-9-10-21-18/h2-6,9-10,16H,7-8,11-12,14H2,1H3. The first-order chi connectivity index (χ1) is 11.3. The van der Waals surface area contributed by atoms with E-state index in [1.54, 1.807) is 12.4 Å². The predicted molar refractivity (Wildman–Crippen MR) is 89.9 cm³/mol. The summed E-state index contributed by atoms with van der Waals surface area (Å²) in [4.78, 5) is 13.0. The first-order valence-electron chi connectivity index (χ1n) is 7.98. The van der Waals surface area contributed by atoms with Crippen molar-refractivity contribution in [2.75, 3.05) is 25.0 Å². The van der Waals surface area contributed by atoms with Gasteiger partial charge in [0.1, 0.15) is 6.07 Å². The Balaban J connectivity index is 1.59. The summed E-state index contributed by atoms with van der Waals surface area (Å²) < 4.78 is 0. The van der Waals surface area contributed by atoms with Crippen molar-refractivity contribution in [1.82, 2.24) is 14.9 Å². The third-order valence-electron chi connectivity index (χ3n) is 4.45. The summed E-state index contributed by atoms with van der Waals surface area (Å²) in [5.41, 5.74) is 1.77. The van der Waals surface area contributed by atoms with Gasteiger partial charge in [0.25, 0.3) is 0 Å². The fourth-order valence-electron chi connectivity index (χ4n) is 3.16. The minimum atomic E-state index is 0.420. The average Bonchev–Trinajstić information content (AvgIpc) is 2.62. The zero-order valence-corrected chi connectivity index (χ0v) is 13.4. The van der Waals surface area contributed by atoms with Gasteiger partial charge in [0.05, 0.1) is 0 Å². The molecule has 1 aromatic heterocycles. The lowest BCUT2D eigenvalue weighted by molar-refractivity contribution is 0.200. The lowest BCUT2D eigenvalue weighted by atomic mass is 10.0. The zero-order chi connectivity index (χ0) is 16.1. The summed E-state index contributed by atoms with van der Waals surface area (Å²) >= 11 is 0. The van der Waals surface area contributed by atoms with E-state index in [0.717, 1.165) is 38.3 Å². The lowest BCUT2D eigenvalue weighted by Gasteiger charge is -2.37. The number of nitrogens with zero attached hydrogens (tertiary/aromatic N) is 5. The highest BCUT2D eigenvalue weighted by Crippen LogP contribution is 2.22. The van der Waals surface area contributed by atoms with E-state index in [4.69, 9.17) is 5.26 Å². The van der Waals surface area contributed by atoms with Gasteiger partial charge in [-0.1, -0.05) is 30.3 Å². The number of nitriles is 1. The van der Waals surface area contributed by atoms with Crippen LogP contribution in [0.4, 0.5) is 5.82 Å². The molecule has 1 aliphatic heterocycles. The second-order valence-electron chi connectivity index (χ2n) is 5.96. The van der Waals surface area contributed by atoms with Crippen LogP contribution in [-0.4, -0.2) is 41.0 Å². The maximum absolute atomic E-state index is 9.17. The molecule has 0 amide bonds. The Morgan fingerprint density at radius 1 is 1.17 bits per heavy atom. The van der Waals surface area contributed by atoms with E-state index in [-0.39, 0.29) is 0 Å². The topological polar surface area (TPSA) is 56.1 Å². The van der Waals surface area contributed by atoms with Gasteiger partial charge in [-0.2, -0.15) is 5.26 Å². The van der Waals surface area contributed by atoms with Crippen molar-refractivity contribution in [2.45, 2.75) is 25.4 Å². The highest BCUT2D eigenvalue weighted by molar-refractivity contribution is 5.49. The predicted octanol–water partition coefficient (Wildman–Crippen LogP) is 2.45. The molecule has 0 saturated carbocycles. The Labute approximate surface area is 137 Å². The van der Waals surface area contributed by atoms with Crippen molar-refractivity contribution in [3.8, 4) is 6.07 Å². The molecule has 1 aliphatic rings. The van der Waals surface area contributed by atoms with Crippen LogP contribution in [0, 0.1) is 11.3 Å². The molecular weight excluding hydrogens is 286 g/mol. The second kappa shape index (κ2) is 7.21. The molecule has 0 radical (unpaired) electrons. The van der Waals surface area contributed by atoms with Gasteiger partial charge in [0.15, 0.2) is 11.5 Å². The molecule has 0 atom stereocenters. The first-order valence-corrected chi connectivity index (χ1v) is 7.98. The molecule has 0 spiro atoms. The number of piperidine rings is 1. The van der Waals surface area contributed by atoms with E-state index in [0.29, 0.717) is 11.7 Å². The molecule has 0 unspecified atom stereocenters. The van der Waals surface area contributed by atoms with Gasteiger partial charge in [-0.3, -0.25) is 4.90 Å². The van der Waals surface area contributed by atoms with Gasteiger partial charge in [-0.25, -0.2) is 9.97 Å². The van der Waals surface area contributed by atoms with Gasteiger partial charge >= 0.3 is 0 Å². The molecular formula is C18H21N5. The van der Waals surface area contributed by atoms with Crippen LogP contribution in [0.1, 0.15) is 24.1 Å². The monoisotopic (exact) mass is 307 g/mol. The molecule has 5 nitrogen and oxygen atoms in total. The van der Waals surface area contributed by atoms with Crippen molar-refractivity contribution < 1.29 is 0 Å². The Morgan fingerprint density at radius 3 is 2.57 bits per heavy atom. The summed E-state index contributed by atoms with van der Waals surface area (Å²) in [5, 5.41) is 9.17. The highest BCUT2D eigenvalue weighted by atomic mass is 15.2. The van der Waals surface area contributed by atoms with Crippen LogP contribution in [0.5, 0.6) is 0 Å². The number of hydrogen-bond acceptors (Lipinski definition) is 5.